The van der Waals surface area contributed by atoms with Gasteiger partial charge < -0.3 is 15.2 Å². The number of pyridine rings is 1. The van der Waals surface area contributed by atoms with Gasteiger partial charge >= 0.3 is 6.18 Å². The summed E-state index contributed by atoms with van der Waals surface area (Å²) in [6.07, 6.45) is -3.77. The lowest BCUT2D eigenvalue weighted by atomic mass is 10.1. The van der Waals surface area contributed by atoms with Gasteiger partial charge in [0.2, 0.25) is 0 Å². The fourth-order valence-electron chi connectivity index (χ4n) is 1.58. The van der Waals surface area contributed by atoms with Crippen LogP contribution in [0.3, 0.4) is 0 Å². The van der Waals surface area contributed by atoms with Crippen molar-refractivity contribution in [3.63, 3.8) is 0 Å². The first-order valence-corrected chi connectivity index (χ1v) is 6.27. The molecule has 0 fully saturated rings. The highest BCUT2D eigenvalue weighted by molar-refractivity contribution is 5.29. The standard InChI is InChI=1S/C13H19F3N2O2/c1-9(17)7-11-12(4-3-10(2)18-11)20-6-5-19-8-13(14,15)16/h3-4,9H,5-8,17H2,1-2H3. The minimum absolute atomic E-state index is 0.0345. The molecule has 0 aliphatic heterocycles. The van der Waals surface area contributed by atoms with Crippen molar-refractivity contribution < 1.29 is 22.6 Å². The van der Waals surface area contributed by atoms with E-state index in [1.54, 1.807) is 12.1 Å². The summed E-state index contributed by atoms with van der Waals surface area (Å²) >= 11 is 0. The summed E-state index contributed by atoms with van der Waals surface area (Å²) in [5, 5.41) is 0. The van der Waals surface area contributed by atoms with Crippen LogP contribution in [0.4, 0.5) is 13.2 Å². The van der Waals surface area contributed by atoms with Crippen LogP contribution in [-0.4, -0.2) is 37.0 Å². The molecule has 0 amide bonds. The van der Waals surface area contributed by atoms with Crippen LogP contribution >= 0.6 is 0 Å². The third kappa shape index (κ3) is 6.72. The Morgan fingerprint density at radius 2 is 2.00 bits per heavy atom. The van der Waals surface area contributed by atoms with Crippen molar-refractivity contribution in [2.24, 2.45) is 5.73 Å². The monoisotopic (exact) mass is 292 g/mol. The first kappa shape index (κ1) is 16.7. The summed E-state index contributed by atoms with van der Waals surface area (Å²) in [5.41, 5.74) is 7.26. The van der Waals surface area contributed by atoms with Gasteiger partial charge in [-0.1, -0.05) is 0 Å². The van der Waals surface area contributed by atoms with Crippen molar-refractivity contribution in [2.45, 2.75) is 32.5 Å². The molecule has 2 N–H and O–H groups in total. The maximum absolute atomic E-state index is 11.9. The van der Waals surface area contributed by atoms with Gasteiger partial charge in [-0.3, -0.25) is 4.98 Å². The molecule has 7 heteroatoms. The molecule has 0 aliphatic rings. The third-order valence-corrected chi connectivity index (χ3v) is 2.34. The zero-order valence-corrected chi connectivity index (χ0v) is 11.5. The molecule has 0 bridgehead atoms. The van der Waals surface area contributed by atoms with E-state index in [1.165, 1.54) is 0 Å². The van der Waals surface area contributed by atoms with Crippen molar-refractivity contribution in [3.8, 4) is 5.75 Å². The number of nitrogens with two attached hydrogens (primary N) is 1. The summed E-state index contributed by atoms with van der Waals surface area (Å²) in [5.74, 6) is 0.531. The summed E-state index contributed by atoms with van der Waals surface area (Å²) in [4.78, 5) is 4.33. The first-order chi connectivity index (χ1) is 9.28. The lowest BCUT2D eigenvalue weighted by molar-refractivity contribution is -0.175. The van der Waals surface area contributed by atoms with Crippen molar-refractivity contribution in [1.29, 1.82) is 0 Å². The molecule has 1 atom stereocenters. The van der Waals surface area contributed by atoms with Gasteiger partial charge in [-0.05, 0) is 26.0 Å². The molecule has 0 saturated carbocycles. The molecule has 1 aromatic heterocycles. The van der Waals surface area contributed by atoms with Crippen molar-refractivity contribution in [2.75, 3.05) is 19.8 Å². The minimum atomic E-state index is -4.31. The molecule has 0 aromatic carbocycles. The van der Waals surface area contributed by atoms with Gasteiger partial charge in [0.05, 0.1) is 12.3 Å². The Balaban J connectivity index is 2.47. The van der Waals surface area contributed by atoms with Gasteiger partial charge in [0.15, 0.2) is 0 Å². The molecule has 1 heterocycles. The van der Waals surface area contributed by atoms with E-state index in [0.29, 0.717) is 17.9 Å². The lowest BCUT2D eigenvalue weighted by Crippen LogP contribution is -2.21. The zero-order chi connectivity index (χ0) is 15.2. The lowest BCUT2D eigenvalue weighted by Gasteiger charge is -2.13. The number of hydrogen-bond donors (Lipinski definition) is 1. The number of rotatable bonds is 7. The number of aromatic nitrogens is 1. The van der Waals surface area contributed by atoms with Crippen molar-refractivity contribution in [3.05, 3.63) is 23.5 Å². The fourth-order valence-corrected chi connectivity index (χ4v) is 1.58. The van der Waals surface area contributed by atoms with E-state index in [9.17, 15) is 13.2 Å². The molecule has 0 radical (unpaired) electrons. The van der Waals surface area contributed by atoms with Gasteiger partial charge in [-0.2, -0.15) is 13.2 Å². The molecular weight excluding hydrogens is 273 g/mol. The van der Waals surface area contributed by atoms with Gasteiger partial charge in [0, 0.05) is 18.2 Å². The van der Waals surface area contributed by atoms with Crippen LogP contribution in [-0.2, 0) is 11.2 Å². The maximum atomic E-state index is 11.9. The summed E-state index contributed by atoms with van der Waals surface area (Å²) in [6.45, 7) is 2.33. The SMILES string of the molecule is Cc1ccc(OCCOCC(F)(F)F)c(CC(C)N)n1. The second-order valence-corrected chi connectivity index (χ2v) is 4.60. The molecule has 114 valence electrons. The number of alkyl halides is 3. The quantitative estimate of drug-likeness (QED) is 0.783. The van der Waals surface area contributed by atoms with E-state index < -0.39 is 12.8 Å². The third-order valence-electron chi connectivity index (χ3n) is 2.34. The van der Waals surface area contributed by atoms with Gasteiger partial charge in [0.1, 0.15) is 19.0 Å². The number of halogens is 3. The Hall–Kier alpha value is -1.34. The molecule has 20 heavy (non-hydrogen) atoms. The van der Waals surface area contributed by atoms with Crippen molar-refractivity contribution >= 4 is 0 Å². The van der Waals surface area contributed by atoms with Gasteiger partial charge in [-0.15, -0.1) is 0 Å². The van der Waals surface area contributed by atoms with Gasteiger partial charge in [-0.25, -0.2) is 0 Å². The van der Waals surface area contributed by atoms with E-state index in [0.717, 1.165) is 5.69 Å². The Morgan fingerprint density at radius 3 is 2.60 bits per heavy atom. The normalized spacial score (nSPS) is 13.3. The largest absolute Gasteiger partial charge is 0.489 e. The second-order valence-electron chi connectivity index (χ2n) is 4.60. The summed E-state index contributed by atoms with van der Waals surface area (Å²) in [6, 6.07) is 3.44. The van der Waals surface area contributed by atoms with Crippen molar-refractivity contribution in [1.82, 2.24) is 4.98 Å². The highest BCUT2D eigenvalue weighted by Crippen LogP contribution is 2.18. The topological polar surface area (TPSA) is 57.4 Å². The Bertz CT molecular complexity index is 423. The maximum Gasteiger partial charge on any atom is 0.411 e. The van der Waals surface area contributed by atoms with E-state index in [1.807, 2.05) is 13.8 Å². The summed E-state index contributed by atoms with van der Waals surface area (Å²) < 4.78 is 45.5. The molecule has 0 saturated heterocycles. The van der Waals surface area contributed by atoms with Crippen LogP contribution in [0, 0.1) is 6.92 Å². The van der Waals surface area contributed by atoms with Crippen LogP contribution in [0.25, 0.3) is 0 Å². The first-order valence-electron chi connectivity index (χ1n) is 6.27. The van der Waals surface area contributed by atoms with Crippen LogP contribution in [0.15, 0.2) is 12.1 Å². The predicted octanol–water partition coefficient (Wildman–Crippen LogP) is 2.24. The Labute approximate surface area is 116 Å². The van der Waals surface area contributed by atoms with Crippen LogP contribution < -0.4 is 10.5 Å². The molecule has 0 spiro atoms. The van der Waals surface area contributed by atoms with E-state index in [2.05, 4.69) is 9.72 Å². The highest BCUT2D eigenvalue weighted by atomic mass is 19.4. The van der Waals surface area contributed by atoms with Crippen LogP contribution in [0.1, 0.15) is 18.3 Å². The zero-order valence-electron chi connectivity index (χ0n) is 11.5. The number of ether oxygens (including phenoxy) is 2. The van der Waals surface area contributed by atoms with E-state index >= 15 is 0 Å². The van der Waals surface area contributed by atoms with Gasteiger partial charge in [0.25, 0.3) is 0 Å². The summed E-state index contributed by atoms with van der Waals surface area (Å²) in [7, 11) is 0. The Morgan fingerprint density at radius 1 is 1.30 bits per heavy atom. The number of nitrogens with zero attached hydrogens (tertiary/aromatic N) is 1. The van der Waals surface area contributed by atoms with Crippen LogP contribution in [0.2, 0.25) is 0 Å². The molecule has 1 aromatic rings. The number of aryl methyl sites for hydroxylation is 1. The molecule has 1 rings (SSSR count). The second kappa shape index (κ2) is 7.44. The average molecular weight is 292 g/mol. The molecule has 1 unspecified atom stereocenters. The smallest absolute Gasteiger partial charge is 0.411 e. The van der Waals surface area contributed by atoms with Crippen LogP contribution in [0.5, 0.6) is 5.75 Å². The Kier molecular flexibility index (Phi) is 6.22. The molecule has 0 aliphatic carbocycles. The molecular formula is C13H19F3N2O2. The van der Waals surface area contributed by atoms with E-state index in [4.69, 9.17) is 10.5 Å². The molecule has 4 nitrogen and oxygen atoms in total. The highest BCUT2D eigenvalue weighted by Gasteiger charge is 2.27. The predicted molar refractivity (Wildman–Crippen MR) is 68.7 cm³/mol. The minimum Gasteiger partial charge on any atom is -0.489 e. The fraction of sp³-hybridized carbons (Fsp3) is 0.615. The number of hydrogen-bond acceptors (Lipinski definition) is 4. The average Bonchev–Trinajstić information content (AvgIpc) is 2.29. The van der Waals surface area contributed by atoms with E-state index in [-0.39, 0.29) is 19.3 Å².